The molecule has 0 radical (unpaired) electrons. The molecule has 0 amide bonds. The maximum atomic E-state index is 6.09. The van der Waals surface area contributed by atoms with Crippen LogP contribution in [-0.4, -0.2) is 9.97 Å². The lowest BCUT2D eigenvalue weighted by atomic mass is 10.3. The van der Waals surface area contributed by atoms with E-state index in [9.17, 15) is 0 Å². The van der Waals surface area contributed by atoms with Crippen molar-refractivity contribution in [3.63, 3.8) is 0 Å². The minimum atomic E-state index is 0.379. The lowest BCUT2D eigenvalue weighted by molar-refractivity contribution is 0.449. The summed E-state index contributed by atoms with van der Waals surface area (Å²) in [6, 6.07) is 11.2. The van der Waals surface area contributed by atoms with Crippen molar-refractivity contribution >= 4 is 44.3 Å². The maximum absolute atomic E-state index is 6.09. The summed E-state index contributed by atoms with van der Waals surface area (Å²) in [5, 5.41) is 0.509. The van der Waals surface area contributed by atoms with Crippen LogP contribution in [0.2, 0.25) is 5.02 Å². The first-order chi connectivity index (χ1) is 9.11. The van der Waals surface area contributed by atoms with Crippen LogP contribution >= 0.6 is 27.5 Å². The van der Waals surface area contributed by atoms with E-state index in [4.69, 9.17) is 22.1 Å². The van der Waals surface area contributed by atoms with Gasteiger partial charge in [0.2, 0.25) is 0 Å². The van der Waals surface area contributed by atoms with Crippen LogP contribution in [0.15, 0.2) is 40.9 Å². The molecule has 2 aromatic carbocycles. The molecule has 0 saturated heterocycles. The van der Waals surface area contributed by atoms with Crippen LogP contribution in [0.5, 0.6) is 11.8 Å². The normalized spacial score (nSPS) is 10.8. The van der Waals surface area contributed by atoms with Crippen LogP contribution < -0.4 is 10.5 Å². The Balaban J connectivity index is 1.96. The zero-order valence-electron chi connectivity index (χ0n) is 9.65. The summed E-state index contributed by atoms with van der Waals surface area (Å²) in [5.74, 6) is 0.539. The number of hydrogen-bond donors (Lipinski definition) is 2. The first kappa shape index (κ1) is 12.3. The predicted octanol–water partition coefficient (Wildman–Crippen LogP) is 4.35. The van der Waals surface area contributed by atoms with Crippen molar-refractivity contribution in [2.45, 2.75) is 0 Å². The molecule has 0 bridgehead atoms. The standard InChI is InChI=1S/C13H9BrClN3O/c14-7-1-4-12(9(15)5-7)19-13-17-10-3-2-8(16)6-11(10)18-13/h1-6H,16H2,(H,17,18). The van der Waals surface area contributed by atoms with Gasteiger partial charge >= 0.3 is 0 Å². The summed E-state index contributed by atoms with van der Waals surface area (Å²) in [7, 11) is 0. The molecule has 96 valence electrons. The predicted molar refractivity (Wildman–Crippen MR) is 79.7 cm³/mol. The fourth-order valence-electron chi connectivity index (χ4n) is 1.71. The second-order valence-electron chi connectivity index (χ2n) is 4.00. The van der Waals surface area contributed by atoms with Crippen molar-refractivity contribution in [3.8, 4) is 11.8 Å². The zero-order chi connectivity index (χ0) is 13.4. The minimum Gasteiger partial charge on any atom is -0.424 e. The Morgan fingerprint density at radius 2 is 2.05 bits per heavy atom. The van der Waals surface area contributed by atoms with E-state index in [2.05, 4.69) is 25.9 Å². The Morgan fingerprint density at radius 3 is 2.84 bits per heavy atom. The third kappa shape index (κ3) is 2.52. The van der Waals surface area contributed by atoms with Crippen molar-refractivity contribution in [3.05, 3.63) is 45.9 Å². The quantitative estimate of drug-likeness (QED) is 0.683. The van der Waals surface area contributed by atoms with Gasteiger partial charge in [-0.3, -0.25) is 0 Å². The largest absolute Gasteiger partial charge is 0.424 e. The molecule has 6 heteroatoms. The van der Waals surface area contributed by atoms with Crippen LogP contribution in [-0.2, 0) is 0 Å². The monoisotopic (exact) mass is 337 g/mol. The van der Waals surface area contributed by atoms with E-state index in [-0.39, 0.29) is 0 Å². The van der Waals surface area contributed by atoms with Gasteiger partial charge in [-0.2, -0.15) is 4.98 Å². The van der Waals surface area contributed by atoms with Gasteiger partial charge in [0.1, 0.15) is 5.75 Å². The van der Waals surface area contributed by atoms with E-state index < -0.39 is 0 Å². The number of H-pyrrole nitrogens is 1. The fraction of sp³-hybridized carbons (Fsp3) is 0. The van der Waals surface area contributed by atoms with E-state index in [0.717, 1.165) is 15.5 Å². The summed E-state index contributed by atoms with van der Waals surface area (Å²) in [6.45, 7) is 0. The molecule has 0 fully saturated rings. The van der Waals surface area contributed by atoms with Gasteiger partial charge < -0.3 is 15.5 Å². The van der Waals surface area contributed by atoms with Gasteiger partial charge in [0.25, 0.3) is 6.01 Å². The van der Waals surface area contributed by atoms with Crippen LogP contribution in [0.1, 0.15) is 0 Å². The number of aromatic nitrogens is 2. The molecule has 0 atom stereocenters. The number of halogens is 2. The highest BCUT2D eigenvalue weighted by Crippen LogP contribution is 2.31. The average molecular weight is 339 g/mol. The number of nitrogens with two attached hydrogens (primary N) is 1. The van der Waals surface area contributed by atoms with Crippen molar-refractivity contribution in [2.24, 2.45) is 0 Å². The van der Waals surface area contributed by atoms with Crippen LogP contribution in [0.3, 0.4) is 0 Å². The molecule has 3 N–H and O–H groups in total. The molecule has 0 unspecified atom stereocenters. The van der Waals surface area contributed by atoms with Gasteiger partial charge in [0, 0.05) is 10.2 Å². The molecule has 1 aromatic heterocycles. The van der Waals surface area contributed by atoms with E-state index in [1.54, 1.807) is 24.3 Å². The number of anilines is 1. The summed E-state index contributed by atoms with van der Waals surface area (Å²) in [5.41, 5.74) is 7.99. The topological polar surface area (TPSA) is 63.9 Å². The Labute approximate surface area is 122 Å². The number of fused-ring (bicyclic) bond motifs is 1. The van der Waals surface area contributed by atoms with Gasteiger partial charge in [-0.25, -0.2) is 0 Å². The number of hydrogen-bond acceptors (Lipinski definition) is 3. The van der Waals surface area contributed by atoms with E-state index in [0.29, 0.717) is 22.5 Å². The third-order valence-corrected chi connectivity index (χ3v) is 3.37. The molecule has 3 rings (SSSR count). The Bertz CT molecular complexity index is 757. The van der Waals surface area contributed by atoms with Gasteiger partial charge in [-0.15, -0.1) is 0 Å². The van der Waals surface area contributed by atoms with Crippen molar-refractivity contribution in [1.82, 2.24) is 9.97 Å². The van der Waals surface area contributed by atoms with Crippen molar-refractivity contribution in [1.29, 1.82) is 0 Å². The van der Waals surface area contributed by atoms with Crippen LogP contribution in [0.25, 0.3) is 11.0 Å². The molecule has 0 aliphatic rings. The van der Waals surface area contributed by atoms with Gasteiger partial charge in [0.15, 0.2) is 0 Å². The smallest absolute Gasteiger partial charge is 0.300 e. The highest BCUT2D eigenvalue weighted by atomic mass is 79.9. The molecule has 0 spiro atoms. The Hall–Kier alpha value is -1.72. The number of benzene rings is 2. The Kier molecular flexibility index (Phi) is 3.08. The zero-order valence-corrected chi connectivity index (χ0v) is 12.0. The van der Waals surface area contributed by atoms with E-state index >= 15 is 0 Å². The fourth-order valence-corrected chi connectivity index (χ4v) is 2.43. The third-order valence-electron chi connectivity index (χ3n) is 2.58. The van der Waals surface area contributed by atoms with Crippen molar-refractivity contribution in [2.75, 3.05) is 5.73 Å². The molecular weight excluding hydrogens is 330 g/mol. The number of nitrogens with one attached hydrogen (secondary N) is 1. The second-order valence-corrected chi connectivity index (χ2v) is 5.32. The molecule has 0 aliphatic heterocycles. The second kappa shape index (κ2) is 4.75. The number of aromatic amines is 1. The van der Waals surface area contributed by atoms with Gasteiger partial charge in [-0.1, -0.05) is 27.5 Å². The highest BCUT2D eigenvalue weighted by molar-refractivity contribution is 9.10. The summed E-state index contributed by atoms with van der Waals surface area (Å²) < 4.78 is 6.52. The molecule has 1 heterocycles. The van der Waals surface area contributed by atoms with Gasteiger partial charge in [0.05, 0.1) is 16.1 Å². The van der Waals surface area contributed by atoms with Crippen molar-refractivity contribution < 1.29 is 4.74 Å². The molecule has 3 aromatic rings. The van der Waals surface area contributed by atoms with E-state index in [1.807, 2.05) is 12.1 Å². The molecule has 4 nitrogen and oxygen atoms in total. The summed E-state index contributed by atoms with van der Waals surface area (Å²) >= 11 is 9.43. The number of imidazole rings is 1. The first-order valence-corrected chi connectivity index (χ1v) is 6.67. The van der Waals surface area contributed by atoms with Crippen LogP contribution in [0, 0.1) is 0 Å². The van der Waals surface area contributed by atoms with E-state index in [1.165, 1.54) is 0 Å². The summed E-state index contributed by atoms with van der Waals surface area (Å²) in [6.07, 6.45) is 0. The SMILES string of the molecule is Nc1ccc2nc(Oc3ccc(Br)cc3Cl)[nH]c2c1. The lowest BCUT2D eigenvalue weighted by Gasteiger charge is -2.04. The lowest BCUT2D eigenvalue weighted by Crippen LogP contribution is -1.86. The summed E-state index contributed by atoms with van der Waals surface area (Å²) in [4.78, 5) is 7.35. The number of nitrogens with zero attached hydrogens (tertiary/aromatic N) is 1. The minimum absolute atomic E-state index is 0.379. The molecular formula is C13H9BrClN3O. The number of ether oxygens (including phenoxy) is 1. The number of rotatable bonds is 2. The van der Waals surface area contributed by atoms with Crippen LogP contribution in [0.4, 0.5) is 5.69 Å². The maximum Gasteiger partial charge on any atom is 0.300 e. The first-order valence-electron chi connectivity index (χ1n) is 5.50. The average Bonchev–Trinajstić information content (AvgIpc) is 2.74. The Morgan fingerprint density at radius 1 is 1.21 bits per heavy atom. The number of nitrogen functional groups attached to an aromatic ring is 1. The highest BCUT2D eigenvalue weighted by Gasteiger charge is 2.08. The molecule has 19 heavy (non-hydrogen) atoms. The molecule has 0 aliphatic carbocycles. The molecule has 0 saturated carbocycles. The van der Waals surface area contributed by atoms with Gasteiger partial charge in [-0.05, 0) is 36.4 Å².